The highest BCUT2D eigenvalue weighted by atomic mass is 32.1. The third kappa shape index (κ3) is 7.85. The maximum atomic E-state index is 13.4. The molecule has 0 spiro atoms. The molecule has 0 unspecified atom stereocenters. The number of nitrogens with zero attached hydrogens (tertiary/aromatic N) is 2. The van der Waals surface area contributed by atoms with Crippen LogP contribution in [0, 0.1) is 0 Å². The predicted molar refractivity (Wildman–Crippen MR) is 132 cm³/mol. The van der Waals surface area contributed by atoms with E-state index in [-0.39, 0.29) is 24.7 Å². The summed E-state index contributed by atoms with van der Waals surface area (Å²) in [6.45, 7) is 2.69. The van der Waals surface area contributed by atoms with Gasteiger partial charge >= 0.3 is 12.2 Å². The zero-order valence-electron chi connectivity index (χ0n) is 19.4. The molecule has 0 saturated carbocycles. The van der Waals surface area contributed by atoms with Gasteiger partial charge in [0.15, 0.2) is 0 Å². The highest BCUT2D eigenvalue weighted by molar-refractivity contribution is 7.09. The molecule has 0 atom stereocenters. The number of hydrogen-bond donors (Lipinski definition) is 1. The number of hydrogen-bond acceptors (Lipinski definition) is 3. The molecule has 3 rings (SSSR count). The number of para-hydroxylation sites is 1. The minimum absolute atomic E-state index is 0.238. The fourth-order valence-electron chi connectivity index (χ4n) is 3.52. The van der Waals surface area contributed by atoms with Gasteiger partial charge in [-0.25, -0.2) is 4.79 Å². The van der Waals surface area contributed by atoms with Gasteiger partial charge in [-0.1, -0.05) is 61.9 Å². The zero-order chi connectivity index (χ0) is 25.3. The van der Waals surface area contributed by atoms with E-state index in [0.29, 0.717) is 19.5 Å². The van der Waals surface area contributed by atoms with Crippen molar-refractivity contribution in [3.63, 3.8) is 0 Å². The van der Waals surface area contributed by atoms with Crippen molar-refractivity contribution in [2.24, 2.45) is 0 Å². The molecular weight excluding hydrogens is 475 g/mol. The van der Waals surface area contributed by atoms with E-state index in [1.54, 1.807) is 4.90 Å². The summed E-state index contributed by atoms with van der Waals surface area (Å²) in [6, 6.07) is 17.4. The number of rotatable bonds is 10. The Morgan fingerprint density at radius 2 is 1.63 bits per heavy atom. The van der Waals surface area contributed by atoms with E-state index >= 15 is 0 Å². The van der Waals surface area contributed by atoms with Crippen LogP contribution < -0.4 is 5.32 Å². The van der Waals surface area contributed by atoms with Gasteiger partial charge in [0.1, 0.15) is 6.54 Å². The molecule has 9 heteroatoms. The van der Waals surface area contributed by atoms with E-state index in [0.717, 1.165) is 22.9 Å². The molecule has 1 aromatic heterocycles. The van der Waals surface area contributed by atoms with Crippen molar-refractivity contribution in [2.75, 3.05) is 18.4 Å². The standard InChI is InChI=1S/C26H28F3N3O2S/c1-2-3-15-31(25(34)30-23-14-8-7-13-22(23)26(27,28)29)19-24(33)32(18-21-12-9-16-35-21)17-20-10-5-4-6-11-20/h4-14,16H,2-3,15,17-19H2,1H3,(H,30,34). The van der Waals surface area contributed by atoms with Crippen molar-refractivity contribution < 1.29 is 22.8 Å². The molecule has 0 bridgehead atoms. The SMILES string of the molecule is CCCCN(CC(=O)N(Cc1ccccc1)Cc1cccs1)C(=O)Nc1ccccc1C(F)(F)F. The summed E-state index contributed by atoms with van der Waals surface area (Å²) in [5, 5.41) is 4.29. The highest BCUT2D eigenvalue weighted by Crippen LogP contribution is 2.34. The number of amides is 3. The normalized spacial score (nSPS) is 11.2. The number of unbranched alkanes of at least 4 members (excludes halogenated alkanes) is 1. The van der Waals surface area contributed by atoms with Crippen molar-refractivity contribution in [3.8, 4) is 0 Å². The third-order valence-corrected chi connectivity index (χ3v) is 6.23. The van der Waals surface area contributed by atoms with E-state index in [1.165, 1.54) is 34.4 Å². The Labute approximate surface area is 207 Å². The molecule has 0 aliphatic carbocycles. The smallest absolute Gasteiger partial charge is 0.332 e. The van der Waals surface area contributed by atoms with Crippen LogP contribution in [0.2, 0.25) is 0 Å². The van der Waals surface area contributed by atoms with Gasteiger partial charge in [-0.3, -0.25) is 4.79 Å². The third-order valence-electron chi connectivity index (χ3n) is 5.36. The lowest BCUT2D eigenvalue weighted by Crippen LogP contribution is -2.44. The van der Waals surface area contributed by atoms with Crippen LogP contribution in [0.15, 0.2) is 72.1 Å². The summed E-state index contributed by atoms with van der Waals surface area (Å²) in [6.07, 6.45) is -3.23. The zero-order valence-corrected chi connectivity index (χ0v) is 20.2. The summed E-state index contributed by atoms with van der Waals surface area (Å²) >= 11 is 1.53. The molecule has 186 valence electrons. The van der Waals surface area contributed by atoms with E-state index < -0.39 is 17.8 Å². The second-order valence-corrected chi connectivity index (χ2v) is 9.10. The lowest BCUT2D eigenvalue weighted by Gasteiger charge is -2.28. The van der Waals surface area contributed by atoms with Crippen LogP contribution in [-0.2, 0) is 24.1 Å². The Hall–Kier alpha value is -3.33. The summed E-state index contributed by atoms with van der Waals surface area (Å²) in [4.78, 5) is 30.3. The quantitative estimate of drug-likeness (QED) is 0.338. The van der Waals surface area contributed by atoms with Crippen LogP contribution in [0.3, 0.4) is 0 Å². The second kappa shape index (κ2) is 12.4. The fourth-order valence-corrected chi connectivity index (χ4v) is 4.24. The van der Waals surface area contributed by atoms with Gasteiger partial charge in [-0.15, -0.1) is 11.3 Å². The molecule has 0 aliphatic rings. The molecule has 0 radical (unpaired) electrons. The number of urea groups is 1. The maximum absolute atomic E-state index is 13.4. The van der Waals surface area contributed by atoms with Crippen LogP contribution in [0.4, 0.5) is 23.7 Å². The molecule has 5 nitrogen and oxygen atoms in total. The number of anilines is 1. The second-order valence-electron chi connectivity index (χ2n) is 8.06. The minimum atomic E-state index is -4.61. The van der Waals surface area contributed by atoms with Gasteiger partial charge in [0, 0.05) is 18.0 Å². The van der Waals surface area contributed by atoms with E-state index in [4.69, 9.17) is 0 Å². The van der Waals surface area contributed by atoms with Gasteiger partial charge in [-0.2, -0.15) is 13.2 Å². The molecule has 3 aromatic rings. The summed E-state index contributed by atoms with van der Waals surface area (Å²) < 4.78 is 40.1. The molecule has 35 heavy (non-hydrogen) atoms. The van der Waals surface area contributed by atoms with Gasteiger partial charge in [0.25, 0.3) is 0 Å². The Kier molecular flexibility index (Phi) is 9.31. The molecule has 1 heterocycles. The molecule has 2 aromatic carbocycles. The van der Waals surface area contributed by atoms with E-state index in [2.05, 4.69) is 5.32 Å². The van der Waals surface area contributed by atoms with Crippen LogP contribution in [-0.4, -0.2) is 34.8 Å². The molecule has 0 aliphatic heterocycles. The number of carbonyl (C=O) groups excluding carboxylic acids is 2. The lowest BCUT2D eigenvalue weighted by atomic mass is 10.1. The number of thiophene rings is 1. The van der Waals surface area contributed by atoms with Crippen LogP contribution in [0.1, 0.15) is 35.8 Å². The molecule has 0 saturated heterocycles. The van der Waals surface area contributed by atoms with Crippen LogP contribution in [0.5, 0.6) is 0 Å². The average molecular weight is 504 g/mol. The predicted octanol–water partition coefficient (Wildman–Crippen LogP) is 6.63. The molecule has 3 amide bonds. The first-order valence-electron chi connectivity index (χ1n) is 11.3. The first-order valence-corrected chi connectivity index (χ1v) is 12.2. The molecule has 1 N–H and O–H groups in total. The first-order chi connectivity index (χ1) is 16.8. The van der Waals surface area contributed by atoms with E-state index in [9.17, 15) is 22.8 Å². The van der Waals surface area contributed by atoms with Gasteiger partial charge in [0.2, 0.25) is 5.91 Å². The number of halogens is 3. The van der Waals surface area contributed by atoms with Crippen LogP contribution in [0.25, 0.3) is 0 Å². The molecular formula is C26H28F3N3O2S. The Morgan fingerprint density at radius 3 is 2.29 bits per heavy atom. The number of benzene rings is 2. The van der Waals surface area contributed by atoms with Gasteiger partial charge in [0.05, 0.1) is 17.8 Å². The number of nitrogens with one attached hydrogen (secondary N) is 1. The average Bonchev–Trinajstić information content (AvgIpc) is 3.34. The van der Waals surface area contributed by atoms with E-state index in [1.807, 2.05) is 54.8 Å². The largest absolute Gasteiger partial charge is 0.418 e. The Balaban J connectivity index is 1.78. The monoisotopic (exact) mass is 503 g/mol. The topological polar surface area (TPSA) is 52.7 Å². The lowest BCUT2D eigenvalue weighted by molar-refractivity contribution is -0.137. The van der Waals surface area contributed by atoms with Crippen LogP contribution >= 0.6 is 11.3 Å². The Morgan fingerprint density at radius 1 is 0.914 bits per heavy atom. The van der Waals surface area contributed by atoms with Crippen molar-refractivity contribution in [1.82, 2.24) is 9.80 Å². The Bertz CT molecular complexity index is 1090. The number of alkyl halides is 3. The molecule has 0 fully saturated rings. The highest BCUT2D eigenvalue weighted by Gasteiger charge is 2.34. The fraction of sp³-hybridized carbons (Fsp3) is 0.308. The summed E-state index contributed by atoms with van der Waals surface area (Å²) in [5.74, 6) is -0.280. The van der Waals surface area contributed by atoms with Crippen molar-refractivity contribution in [2.45, 2.75) is 39.0 Å². The maximum Gasteiger partial charge on any atom is 0.418 e. The van der Waals surface area contributed by atoms with Gasteiger partial charge in [-0.05, 0) is 35.6 Å². The van der Waals surface area contributed by atoms with Crippen molar-refractivity contribution in [1.29, 1.82) is 0 Å². The van der Waals surface area contributed by atoms with Crippen molar-refractivity contribution in [3.05, 3.63) is 88.1 Å². The summed E-state index contributed by atoms with van der Waals surface area (Å²) in [7, 11) is 0. The minimum Gasteiger partial charge on any atom is -0.332 e. The number of carbonyl (C=O) groups is 2. The summed E-state index contributed by atoms with van der Waals surface area (Å²) in [5.41, 5.74) is -0.321. The van der Waals surface area contributed by atoms with Crippen molar-refractivity contribution >= 4 is 29.0 Å². The van der Waals surface area contributed by atoms with Gasteiger partial charge < -0.3 is 15.1 Å². The first kappa shape index (κ1) is 26.3.